The summed E-state index contributed by atoms with van der Waals surface area (Å²) in [5.74, 6) is 0.498. The van der Waals surface area contributed by atoms with E-state index in [1.807, 2.05) is 34.6 Å². The van der Waals surface area contributed by atoms with Gasteiger partial charge in [0.1, 0.15) is 16.7 Å². The standard InChI is InChI=1S/C24H32N8OS/c1-14(2)19-20(17-9-15(3)22-25-13-26-32(22)11-17)27-23-21(19)28-24(34-23)31-8-7-30(10-16(31)4)18(33)12-29(5)6/h9,11,13-14,16,27H,7-8,10,12H2,1-6H3. The van der Waals surface area contributed by atoms with E-state index in [-0.39, 0.29) is 11.9 Å². The molecule has 1 atom stereocenters. The van der Waals surface area contributed by atoms with Gasteiger partial charge >= 0.3 is 0 Å². The minimum absolute atomic E-state index is 0.189. The number of rotatable bonds is 5. The number of nitrogens with one attached hydrogen (secondary N) is 1. The Hall–Kier alpha value is -2.98. The van der Waals surface area contributed by atoms with Crippen LogP contribution in [0.2, 0.25) is 0 Å². The average Bonchev–Trinajstić information content (AvgIpc) is 3.46. The molecule has 1 N–H and O–H groups in total. The maximum absolute atomic E-state index is 12.5. The third-order valence-corrected chi connectivity index (χ3v) is 7.49. The molecule has 0 spiro atoms. The van der Waals surface area contributed by atoms with Gasteiger partial charge in [0, 0.05) is 43.0 Å². The number of carbonyl (C=O) groups excluding carboxylic acids is 1. The van der Waals surface area contributed by atoms with Gasteiger partial charge in [0.2, 0.25) is 5.91 Å². The third kappa shape index (κ3) is 3.94. The van der Waals surface area contributed by atoms with Gasteiger partial charge < -0.3 is 19.7 Å². The molecule has 5 rings (SSSR count). The maximum atomic E-state index is 12.5. The molecule has 5 heterocycles. The number of anilines is 1. The molecule has 4 aromatic heterocycles. The van der Waals surface area contributed by atoms with Crippen LogP contribution < -0.4 is 4.90 Å². The molecule has 1 fully saturated rings. The first-order valence-electron chi connectivity index (χ1n) is 11.7. The number of hydrogen-bond acceptors (Lipinski definition) is 7. The summed E-state index contributed by atoms with van der Waals surface area (Å²) in [4.78, 5) is 33.0. The molecular weight excluding hydrogens is 448 g/mol. The number of hydrogen-bond donors (Lipinski definition) is 1. The first kappa shape index (κ1) is 22.8. The Morgan fingerprint density at radius 3 is 2.82 bits per heavy atom. The minimum Gasteiger partial charge on any atom is -0.345 e. The Kier molecular flexibility index (Phi) is 5.81. The fourth-order valence-corrected chi connectivity index (χ4v) is 5.97. The van der Waals surface area contributed by atoms with Crippen LogP contribution in [0.5, 0.6) is 0 Å². The van der Waals surface area contributed by atoms with Crippen molar-refractivity contribution in [2.75, 3.05) is 45.2 Å². The number of amides is 1. The summed E-state index contributed by atoms with van der Waals surface area (Å²) < 4.78 is 1.83. The summed E-state index contributed by atoms with van der Waals surface area (Å²) in [7, 11) is 3.86. The highest BCUT2D eigenvalue weighted by Crippen LogP contribution is 2.40. The van der Waals surface area contributed by atoms with Crippen LogP contribution in [0.15, 0.2) is 18.6 Å². The molecule has 0 saturated carbocycles. The van der Waals surface area contributed by atoms with Crippen LogP contribution in [0.25, 0.3) is 27.3 Å². The molecule has 1 amide bonds. The van der Waals surface area contributed by atoms with Gasteiger partial charge in [-0.2, -0.15) is 5.10 Å². The van der Waals surface area contributed by atoms with E-state index in [0.29, 0.717) is 12.5 Å². The summed E-state index contributed by atoms with van der Waals surface area (Å²) in [6, 6.07) is 2.38. The average molecular weight is 481 g/mol. The molecule has 0 aliphatic carbocycles. The van der Waals surface area contributed by atoms with Crippen molar-refractivity contribution in [1.29, 1.82) is 0 Å². The molecule has 10 heteroatoms. The summed E-state index contributed by atoms with van der Waals surface area (Å²) in [6.45, 7) is 11.4. The number of thiazole rings is 1. The van der Waals surface area contributed by atoms with Crippen LogP contribution in [0.4, 0.5) is 5.13 Å². The van der Waals surface area contributed by atoms with Crippen LogP contribution in [-0.2, 0) is 4.79 Å². The summed E-state index contributed by atoms with van der Waals surface area (Å²) in [5.41, 5.74) is 6.42. The number of H-pyrrole nitrogens is 1. The number of aromatic nitrogens is 5. The van der Waals surface area contributed by atoms with Crippen LogP contribution in [0.1, 0.15) is 37.8 Å². The molecule has 0 bridgehead atoms. The largest absolute Gasteiger partial charge is 0.345 e. The van der Waals surface area contributed by atoms with Gasteiger partial charge in [0.05, 0.1) is 12.2 Å². The number of nitrogens with zero attached hydrogens (tertiary/aromatic N) is 7. The lowest BCUT2D eigenvalue weighted by Crippen LogP contribution is -2.55. The Labute approximate surface area is 203 Å². The lowest BCUT2D eigenvalue weighted by atomic mass is 9.99. The number of fused-ring (bicyclic) bond motifs is 2. The van der Waals surface area contributed by atoms with Crippen molar-refractivity contribution in [3.8, 4) is 11.3 Å². The van der Waals surface area contributed by atoms with E-state index in [1.165, 1.54) is 5.56 Å². The number of aromatic amines is 1. The van der Waals surface area contributed by atoms with Crippen molar-refractivity contribution in [3.63, 3.8) is 0 Å². The second-order valence-electron chi connectivity index (χ2n) is 9.80. The van der Waals surface area contributed by atoms with E-state index in [0.717, 1.165) is 57.6 Å². The predicted octanol–water partition coefficient (Wildman–Crippen LogP) is 3.36. The van der Waals surface area contributed by atoms with Crippen molar-refractivity contribution < 1.29 is 4.79 Å². The first-order valence-corrected chi connectivity index (χ1v) is 12.6. The van der Waals surface area contributed by atoms with Gasteiger partial charge in [-0.1, -0.05) is 25.2 Å². The maximum Gasteiger partial charge on any atom is 0.236 e. The molecule has 180 valence electrons. The Morgan fingerprint density at radius 2 is 2.12 bits per heavy atom. The summed E-state index contributed by atoms with van der Waals surface area (Å²) in [5, 5.41) is 5.36. The minimum atomic E-state index is 0.189. The zero-order valence-corrected chi connectivity index (χ0v) is 21.5. The third-order valence-electron chi connectivity index (χ3n) is 6.48. The molecule has 9 nitrogen and oxygen atoms in total. The number of likely N-dealkylation sites (N-methyl/N-ethyl adjacent to an activating group) is 1. The van der Waals surface area contributed by atoms with Crippen molar-refractivity contribution in [3.05, 3.63) is 29.7 Å². The molecule has 0 radical (unpaired) electrons. The Morgan fingerprint density at radius 1 is 1.32 bits per heavy atom. The van der Waals surface area contributed by atoms with Crippen molar-refractivity contribution in [2.24, 2.45) is 0 Å². The highest BCUT2D eigenvalue weighted by molar-refractivity contribution is 7.21. The zero-order chi connectivity index (χ0) is 24.1. The molecule has 1 unspecified atom stereocenters. The van der Waals surface area contributed by atoms with Crippen LogP contribution in [-0.4, -0.2) is 86.6 Å². The predicted molar refractivity (Wildman–Crippen MR) is 137 cm³/mol. The molecule has 1 aliphatic rings. The van der Waals surface area contributed by atoms with Crippen molar-refractivity contribution >= 4 is 38.4 Å². The molecule has 0 aromatic carbocycles. The number of pyridine rings is 1. The normalized spacial score (nSPS) is 17.1. The topological polar surface area (TPSA) is 85.7 Å². The Bertz CT molecular complexity index is 1350. The quantitative estimate of drug-likeness (QED) is 0.471. The van der Waals surface area contributed by atoms with Crippen molar-refractivity contribution in [2.45, 2.75) is 39.7 Å². The fourth-order valence-electron chi connectivity index (χ4n) is 4.86. The number of piperazine rings is 1. The lowest BCUT2D eigenvalue weighted by molar-refractivity contribution is -0.132. The van der Waals surface area contributed by atoms with E-state index in [4.69, 9.17) is 4.98 Å². The van der Waals surface area contributed by atoms with Crippen LogP contribution in [0, 0.1) is 6.92 Å². The number of aryl methyl sites for hydroxylation is 1. The van der Waals surface area contributed by atoms with E-state index in [2.05, 4.69) is 53.7 Å². The monoisotopic (exact) mass is 480 g/mol. The molecule has 4 aromatic rings. The van der Waals surface area contributed by atoms with E-state index in [1.54, 1.807) is 17.7 Å². The summed E-state index contributed by atoms with van der Waals surface area (Å²) in [6.07, 6.45) is 3.62. The van der Waals surface area contributed by atoms with Gasteiger partial charge in [-0.05, 0) is 45.5 Å². The van der Waals surface area contributed by atoms with E-state index < -0.39 is 0 Å². The van der Waals surface area contributed by atoms with E-state index in [9.17, 15) is 4.79 Å². The first-order chi connectivity index (χ1) is 16.2. The van der Waals surface area contributed by atoms with Crippen LogP contribution >= 0.6 is 11.3 Å². The van der Waals surface area contributed by atoms with E-state index >= 15 is 0 Å². The highest BCUT2D eigenvalue weighted by atomic mass is 32.1. The van der Waals surface area contributed by atoms with Gasteiger partial charge in [-0.3, -0.25) is 4.79 Å². The SMILES string of the molecule is Cc1cc(-c2[nH]c3sc(N4CCN(C(=O)CN(C)C)CC4C)nc3c2C(C)C)cn2ncnc12. The molecule has 1 aliphatic heterocycles. The summed E-state index contributed by atoms with van der Waals surface area (Å²) >= 11 is 1.70. The van der Waals surface area contributed by atoms with Gasteiger partial charge in [0.15, 0.2) is 10.8 Å². The fraction of sp³-hybridized carbons (Fsp3) is 0.500. The second-order valence-corrected chi connectivity index (χ2v) is 10.8. The number of carbonyl (C=O) groups is 1. The Balaban J connectivity index is 1.46. The smallest absolute Gasteiger partial charge is 0.236 e. The lowest BCUT2D eigenvalue weighted by Gasteiger charge is -2.40. The molecule has 1 saturated heterocycles. The van der Waals surface area contributed by atoms with Crippen LogP contribution in [0.3, 0.4) is 0 Å². The highest BCUT2D eigenvalue weighted by Gasteiger charge is 2.30. The zero-order valence-electron chi connectivity index (χ0n) is 20.7. The van der Waals surface area contributed by atoms with Gasteiger partial charge in [0.25, 0.3) is 0 Å². The van der Waals surface area contributed by atoms with Crippen molar-refractivity contribution in [1.82, 2.24) is 34.4 Å². The van der Waals surface area contributed by atoms with Gasteiger partial charge in [-0.25, -0.2) is 14.5 Å². The molecular formula is C24H32N8OS. The van der Waals surface area contributed by atoms with Gasteiger partial charge in [-0.15, -0.1) is 0 Å². The second kappa shape index (κ2) is 8.66. The molecule has 34 heavy (non-hydrogen) atoms.